The molecule has 210 valence electrons. The molecule has 2 N–H and O–H groups in total. The average molecular weight is 755 g/mol. The fraction of sp³-hybridized carbons (Fsp3) is 1.00. The molecule has 0 bridgehead atoms. The molecule has 0 atom stereocenters. The predicted octanol–water partition coefficient (Wildman–Crippen LogP) is 12.2. The average Bonchev–Trinajstić information content (AvgIpc) is 2.71. The molecule has 0 radical (unpaired) electrons. The van der Waals surface area contributed by atoms with Gasteiger partial charge in [0.15, 0.2) is 0 Å². The van der Waals surface area contributed by atoms with Crippen molar-refractivity contribution in [2.75, 3.05) is 0 Å². The van der Waals surface area contributed by atoms with E-state index in [2.05, 4.69) is 145 Å². The Morgan fingerprint density at radius 2 is 0.486 bits per heavy atom. The minimum atomic E-state index is -2.63. The number of hydrogen-bond donors (Lipinski definition) is 2. The molecular weight excluding hydrogens is 696 g/mol. The monoisotopic (exact) mass is 756 g/mol. The van der Waals surface area contributed by atoms with E-state index in [9.17, 15) is 0 Å². The first-order chi connectivity index (χ1) is 15.8. The van der Waals surface area contributed by atoms with E-state index in [1.807, 2.05) is 0 Å². The third-order valence-corrected chi connectivity index (χ3v) is 133. The number of hydrogen-bond acceptors (Lipinski definition) is 6. The molecule has 2 heterocycles. The van der Waals surface area contributed by atoms with E-state index >= 15 is 0 Å². The van der Waals surface area contributed by atoms with Crippen molar-refractivity contribution in [3.63, 3.8) is 0 Å². The van der Waals surface area contributed by atoms with Gasteiger partial charge in [0.1, 0.15) is 0 Å². The van der Waals surface area contributed by atoms with E-state index in [4.69, 9.17) is 9.72 Å². The summed E-state index contributed by atoms with van der Waals surface area (Å²) in [6.45, 7) is 35.5. The quantitative estimate of drug-likeness (QED) is 0.189. The normalized spacial score (nSPS) is 26.3. The van der Waals surface area contributed by atoms with Crippen LogP contribution in [0.15, 0.2) is 0 Å². The molecule has 0 aromatic carbocycles. The molecule has 2 aliphatic rings. The Hall–Kier alpha value is 3.83. The maximum absolute atomic E-state index is 4.69. The van der Waals surface area contributed by atoms with Crippen LogP contribution in [0.2, 0.25) is 0 Å². The molecule has 1 spiro atoms. The van der Waals surface area contributed by atoms with Gasteiger partial charge in [-0.1, -0.05) is 0 Å². The van der Waals surface area contributed by atoms with E-state index < -0.39 is 39.1 Å². The Morgan fingerprint density at radius 3 is 0.600 bits per heavy atom. The van der Waals surface area contributed by atoms with Crippen LogP contribution >= 0.6 is 60.9 Å². The van der Waals surface area contributed by atoms with Gasteiger partial charge in [0.2, 0.25) is 0 Å². The molecule has 2 nitrogen and oxygen atoms in total. The van der Waals surface area contributed by atoms with Gasteiger partial charge in [-0.05, 0) is 0 Å². The van der Waals surface area contributed by atoms with Crippen molar-refractivity contribution in [1.29, 1.82) is 0 Å². The van der Waals surface area contributed by atoms with Crippen molar-refractivity contribution in [2.24, 2.45) is 0 Å². The Bertz CT molecular complexity index is 583. The van der Waals surface area contributed by atoms with Crippen LogP contribution in [-0.4, -0.2) is 58.0 Å². The zero-order valence-electron chi connectivity index (χ0n) is 25.4. The SMILES string of the molecule is CC(C)[P+]1(C(C)C)N[P+](C(C)C)(C(C)C)S[Te]2(S1)S[P+](C(C)C)(C(C)C)N[P+](C(C)C)(C(C)C)S2. The number of rotatable bonds is 8. The first kappa shape index (κ1) is 35.0. The molecular formula is C24H58N2P4S4Te+4. The molecule has 2 fully saturated rings. The molecule has 0 aromatic rings. The molecule has 35 heavy (non-hydrogen) atoms. The summed E-state index contributed by atoms with van der Waals surface area (Å²) >= 11 is -2.63. The van der Waals surface area contributed by atoms with Crippen molar-refractivity contribution in [2.45, 2.75) is 156 Å². The summed E-state index contributed by atoms with van der Waals surface area (Å²) in [7, 11) is 10.6. The molecule has 2 aliphatic heterocycles. The van der Waals surface area contributed by atoms with Crippen LogP contribution in [0, 0.1) is 0 Å². The Labute approximate surface area is 237 Å². The molecule has 2 saturated heterocycles. The van der Waals surface area contributed by atoms with Crippen molar-refractivity contribution in [3.05, 3.63) is 0 Å². The summed E-state index contributed by atoms with van der Waals surface area (Å²) in [5, 5.41) is 0. The summed E-state index contributed by atoms with van der Waals surface area (Å²) < 4.78 is 0. The zero-order chi connectivity index (χ0) is 27.4. The summed E-state index contributed by atoms with van der Waals surface area (Å²) in [5.41, 5.74) is 5.90. The number of nitrogens with one attached hydrogen (secondary N) is 2. The second-order valence-corrected chi connectivity index (χ2v) is 77.2. The molecule has 11 heteroatoms. The van der Waals surface area contributed by atoms with E-state index in [-0.39, 0.29) is 0 Å². The van der Waals surface area contributed by atoms with E-state index in [1.54, 1.807) is 0 Å². The molecule has 0 aliphatic carbocycles. The Morgan fingerprint density at radius 1 is 0.343 bits per heavy atom. The second-order valence-electron chi connectivity index (χ2n) is 12.5. The standard InChI is InChI=1S/C24H58N2P4S4Te/c1-17(2)27(18(3)4)25-28(19(5)6,20(7)8)32-35(31-27)33-29(21(9)10,22(11)12)26-30(34-35,23(13)14)24(15)16/h17-26H,1-16H3/q+4. The van der Waals surface area contributed by atoms with Gasteiger partial charge in [-0.2, -0.15) is 0 Å². The van der Waals surface area contributed by atoms with Gasteiger partial charge in [-0.3, -0.25) is 0 Å². The van der Waals surface area contributed by atoms with Gasteiger partial charge >= 0.3 is 239 Å². The minimum absolute atomic E-state index is 0.737. The summed E-state index contributed by atoms with van der Waals surface area (Å²) in [6, 6.07) is 0. The summed E-state index contributed by atoms with van der Waals surface area (Å²) in [6.07, 6.45) is 0. The summed E-state index contributed by atoms with van der Waals surface area (Å²) in [5.74, 6) is 0. The van der Waals surface area contributed by atoms with Gasteiger partial charge in [0.25, 0.3) is 0 Å². The third-order valence-electron chi connectivity index (χ3n) is 7.62. The van der Waals surface area contributed by atoms with Crippen LogP contribution in [0.4, 0.5) is 0 Å². The van der Waals surface area contributed by atoms with E-state index in [1.165, 1.54) is 0 Å². The van der Waals surface area contributed by atoms with Crippen molar-refractivity contribution >= 4 is 73.6 Å². The van der Waals surface area contributed by atoms with Crippen LogP contribution < -0.4 is 9.72 Å². The van der Waals surface area contributed by atoms with Crippen LogP contribution in [0.1, 0.15) is 111 Å². The van der Waals surface area contributed by atoms with Crippen LogP contribution in [0.3, 0.4) is 0 Å². The Balaban J connectivity index is 2.94. The second kappa shape index (κ2) is 12.6. The van der Waals surface area contributed by atoms with Crippen LogP contribution in [0.25, 0.3) is 0 Å². The summed E-state index contributed by atoms with van der Waals surface area (Å²) in [4.78, 5) is 9.39. The molecule has 0 amide bonds. The van der Waals surface area contributed by atoms with Gasteiger partial charge in [0.05, 0.1) is 0 Å². The van der Waals surface area contributed by atoms with Gasteiger partial charge in [0, 0.05) is 0 Å². The fourth-order valence-electron chi connectivity index (χ4n) is 5.24. The third kappa shape index (κ3) is 6.30. The zero-order valence-corrected chi connectivity index (χ0v) is 34.6. The first-order valence-electron chi connectivity index (χ1n) is 13.6. The van der Waals surface area contributed by atoms with Crippen molar-refractivity contribution in [1.82, 2.24) is 9.72 Å². The van der Waals surface area contributed by atoms with Crippen LogP contribution in [-0.2, 0) is 0 Å². The van der Waals surface area contributed by atoms with Crippen molar-refractivity contribution < 1.29 is 0 Å². The molecule has 0 unspecified atom stereocenters. The fourth-order valence-corrected chi connectivity index (χ4v) is 233. The molecule has 0 aromatic heterocycles. The van der Waals surface area contributed by atoms with Crippen molar-refractivity contribution in [3.8, 4) is 0 Å². The first-order valence-corrected chi connectivity index (χ1v) is 38.1. The van der Waals surface area contributed by atoms with Gasteiger partial charge in [-0.15, -0.1) is 0 Å². The van der Waals surface area contributed by atoms with Gasteiger partial charge in [-0.25, -0.2) is 0 Å². The maximum atomic E-state index is 4.69. The van der Waals surface area contributed by atoms with E-state index in [0.29, 0.717) is 0 Å². The van der Waals surface area contributed by atoms with Crippen LogP contribution in [0.5, 0.6) is 0 Å². The predicted molar refractivity (Wildman–Crippen MR) is 191 cm³/mol. The topological polar surface area (TPSA) is 24.1 Å². The Kier molecular flexibility index (Phi) is 12.6. The van der Waals surface area contributed by atoms with Gasteiger partial charge < -0.3 is 0 Å². The molecule has 0 saturated carbocycles. The van der Waals surface area contributed by atoms with E-state index in [0.717, 1.165) is 45.3 Å². The molecule has 2 rings (SSSR count).